The minimum atomic E-state index is -3.51. The molecular weight excluding hydrogens is 364 g/mol. The molecule has 0 heterocycles. The van der Waals surface area contributed by atoms with Crippen LogP contribution < -0.4 is 11.5 Å². The first-order valence-corrected chi connectivity index (χ1v) is 9.28. The lowest BCUT2D eigenvalue weighted by atomic mass is 10.1. The van der Waals surface area contributed by atoms with Gasteiger partial charge in [0, 0.05) is 16.9 Å². The highest BCUT2D eigenvalue weighted by atomic mass is 79.9. The quantitative estimate of drug-likeness (QED) is 0.849. The van der Waals surface area contributed by atoms with E-state index < -0.39 is 20.6 Å². The number of halogens is 1. The second kappa shape index (κ2) is 5.45. The van der Waals surface area contributed by atoms with Crippen LogP contribution >= 0.6 is 15.9 Å². The largest absolute Gasteiger partial charge is 0.329 e. The van der Waals surface area contributed by atoms with Crippen LogP contribution in [-0.4, -0.2) is 25.8 Å². The third kappa shape index (κ3) is 2.40. The molecule has 2 aromatic carbocycles. The maximum Gasteiger partial charge on any atom is 0.183 e. The van der Waals surface area contributed by atoms with Crippen molar-refractivity contribution < 1.29 is 8.42 Å². The number of hydrogen-bond donors (Lipinski definition) is 2. The lowest BCUT2D eigenvalue weighted by Gasteiger charge is -2.08. The minimum Gasteiger partial charge on any atom is -0.329 e. The van der Waals surface area contributed by atoms with E-state index in [1.165, 1.54) is 0 Å². The van der Waals surface area contributed by atoms with E-state index in [0.29, 0.717) is 4.90 Å². The van der Waals surface area contributed by atoms with Crippen molar-refractivity contribution in [3.63, 3.8) is 0 Å². The van der Waals surface area contributed by atoms with Crippen molar-refractivity contribution in [3.8, 4) is 0 Å². The Morgan fingerprint density at radius 2 is 1.64 bits per heavy atom. The number of sulfone groups is 1. The molecule has 0 amide bonds. The third-order valence-corrected chi connectivity index (χ3v) is 7.13. The van der Waals surface area contributed by atoms with E-state index in [1.807, 2.05) is 24.3 Å². The minimum absolute atomic E-state index is 0.129. The Morgan fingerprint density at radius 1 is 1.05 bits per heavy atom. The molecule has 0 aromatic heterocycles. The van der Waals surface area contributed by atoms with E-state index >= 15 is 0 Å². The summed E-state index contributed by atoms with van der Waals surface area (Å²) in [6.45, 7) is 0.129. The fourth-order valence-corrected chi connectivity index (χ4v) is 5.65. The van der Waals surface area contributed by atoms with Crippen LogP contribution in [0.2, 0.25) is 0 Å². The molecule has 1 fully saturated rings. The maximum absolute atomic E-state index is 12.9. The Kier molecular flexibility index (Phi) is 3.89. The van der Waals surface area contributed by atoms with Gasteiger partial charge >= 0.3 is 0 Å². The molecule has 4 nitrogen and oxygen atoms in total. The second-order valence-electron chi connectivity index (χ2n) is 5.62. The lowest BCUT2D eigenvalue weighted by Crippen LogP contribution is -2.39. The molecule has 4 N–H and O–H groups in total. The van der Waals surface area contributed by atoms with Crippen LogP contribution in [0, 0.1) is 0 Å². The van der Waals surface area contributed by atoms with Gasteiger partial charge in [-0.25, -0.2) is 8.42 Å². The highest BCUT2D eigenvalue weighted by molar-refractivity contribution is 9.10. The lowest BCUT2D eigenvalue weighted by molar-refractivity contribution is 0.586. The van der Waals surface area contributed by atoms with Gasteiger partial charge in [0.15, 0.2) is 9.84 Å². The molecule has 0 aliphatic heterocycles. The summed E-state index contributed by atoms with van der Waals surface area (Å²) in [5.41, 5.74) is 12.1. The normalized spacial score (nSPS) is 27.6. The summed E-state index contributed by atoms with van der Waals surface area (Å²) in [4.78, 5) is 0.294. The van der Waals surface area contributed by atoms with Gasteiger partial charge in [-0.05, 0) is 29.8 Å². The molecule has 2 aromatic rings. The van der Waals surface area contributed by atoms with Crippen molar-refractivity contribution in [1.29, 1.82) is 0 Å². The Balaban J connectivity index is 2.02. The molecule has 0 bridgehead atoms. The van der Waals surface area contributed by atoms with Gasteiger partial charge in [-0.3, -0.25) is 0 Å². The monoisotopic (exact) mass is 380 g/mol. The van der Waals surface area contributed by atoms with Crippen LogP contribution in [0.1, 0.15) is 11.5 Å². The van der Waals surface area contributed by atoms with Crippen molar-refractivity contribution in [2.75, 3.05) is 6.54 Å². The predicted octanol–water partition coefficient (Wildman–Crippen LogP) is 2.05. The standard InChI is InChI=1S/C16H17BrN2O2S/c17-12-8-6-11(7-9-12)14-15(16(14,19)10-18)22(20,21)13-4-2-1-3-5-13/h1-9,14-15H,10,18-19H2/t14-,15+,16-/m0/s1. The number of benzene rings is 2. The number of hydrogen-bond acceptors (Lipinski definition) is 4. The summed E-state index contributed by atoms with van der Waals surface area (Å²) in [5.74, 6) is -0.282. The van der Waals surface area contributed by atoms with E-state index in [-0.39, 0.29) is 12.5 Å². The van der Waals surface area contributed by atoms with E-state index in [9.17, 15) is 8.42 Å². The van der Waals surface area contributed by atoms with Crippen molar-refractivity contribution >= 4 is 25.8 Å². The van der Waals surface area contributed by atoms with Crippen LogP contribution in [0.15, 0.2) is 64.0 Å². The van der Waals surface area contributed by atoms with Crippen LogP contribution in [0.25, 0.3) is 0 Å². The van der Waals surface area contributed by atoms with E-state index in [2.05, 4.69) is 15.9 Å². The molecule has 0 spiro atoms. The molecule has 6 heteroatoms. The van der Waals surface area contributed by atoms with Crippen molar-refractivity contribution in [1.82, 2.24) is 0 Å². The van der Waals surface area contributed by atoms with Crippen LogP contribution in [0.5, 0.6) is 0 Å². The molecule has 1 aliphatic rings. The number of rotatable bonds is 4. The van der Waals surface area contributed by atoms with Crippen LogP contribution in [-0.2, 0) is 9.84 Å². The Bertz CT molecular complexity index is 778. The number of nitrogens with two attached hydrogens (primary N) is 2. The molecule has 1 aliphatic carbocycles. The highest BCUT2D eigenvalue weighted by Gasteiger charge is 2.68. The van der Waals surface area contributed by atoms with Gasteiger partial charge < -0.3 is 11.5 Å². The van der Waals surface area contributed by atoms with Gasteiger partial charge in [-0.1, -0.05) is 46.3 Å². The molecule has 1 saturated carbocycles. The van der Waals surface area contributed by atoms with E-state index in [1.54, 1.807) is 30.3 Å². The van der Waals surface area contributed by atoms with Gasteiger partial charge in [0.1, 0.15) is 0 Å². The smallest absolute Gasteiger partial charge is 0.183 e. The van der Waals surface area contributed by atoms with Crippen LogP contribution in [0.4, 0.5) is 0 Å². The molecule has 0 unspecified atom stereocenters. The molecule has 3 rings (SSSR count). The summed E-state index contributed by atoms with van der Waals surface area (Å²) >= 11 is 3.38. The summed E-state index contributed by atoms with van der Waals surface area (Å²) in [5, 5.41) is -0.687. The van der Waals surface area contributed by atoms with Crippen molar-refractivity contribution in [2.45, 2.75) is 21.6 Å². The zero-order chi connectivity index (χ0) is 16.0. The van der Waals surface area contributed by atoms with E-state index in [4.69, 9.17) is 11.5 Å². The Morgan fingerprint density at radius 3 is 2.18 bits per heavy atom. The predicted molar refractivity (Wildman–Crippen MR) is 90.3 cm³/mol. The van der Waals surface area contributed by atoms with Crippen LogP contribution in [0.3, 0.4) is 0 Å². The van der Waals surface area contributed by atoms with E-state index in [0.717, 1.165) is 10.0 Å². The fraction of sp³-hybridized carbons (Fsp3) is 0.250. The van der Waals surface area contributed by atoms with Gasteiger partial charge in [-0.15, -0.1) is 0 Å². The summed E-state index contributed by atoms with van der Waals surface area (Å²) in [7, 11) is -3.51. The Hall–Kier alpha value is -1.21. The molecule has 0 saturated heterocycles. The van der Waals surface area contributed by atoms with Gasteiger partial charge in [-0.2, -0.15) is 0 Å². The molecule has 22 heavy (non-hydrogen) atoms. The zero-order valence-corrected chi connectivity index (χ0v) is 14.2. The topological polar surface area (TPSA) is 86.2 Å². The first-order chi connectivity index (χ1) is 10.4. The van der Waals surface area contributed by atoms with Gasteiger partial charge in [0.05, 0.1) is 15.7 Å². The molecule has 3 atom stereocenters. The summed E-state index contributed by atoms with van der Waals surface area (Å²) in [6.07, 6.45) is 0. The van der Waals surface area contributed by atoms with Crippen molar-refractivity contribution in [3.05, 3.63) is 64.6 Å². The first-order valence-electron chi connectivity index (χ1n) is 6.94. The zero-order valence-electron chi connectivity index (χ0n) is 11.8. The summed E-state index contributed by atoms with van der Waals surface area (Å²) in [6, 6.07) is 16.0. The average Bonchev–Trinajstić information content (AvgIpc) is 3.17. The third-order valence-electron chi connectivity index (χ3n) is 4.29. The average molecular weight is 381 g/mol. The molecule has 0 radical (unpaired) electrons. The second-order valence-corrected chi connectivity index (χ2v) is 8.61. The van der Waals surface area contributed by atoms with Gasteiger partial charge in [0.2, 0.25) is 0 Å². The van der Waals surface area contributed by atoms with Gasteiger partial charge in [0.25, 0.3) is 0 Å². The Labute approximate surface area is 138 Å². The maximum atomic E-state index is 12.9. The first kappa shape index (κ1) is 15.7. The van der Waals surface area contributed by atoms with Crippen molar-refractivity contribution in [2.24, 2.45) is 11.5 Å². The summed E-state index contributed by atoms with van der Waals surface area (Å²) < 4.78 is 26.7. The fourth-order valence-electron chi connectivity index (χ4n) is 3.05. The highest BCUT2D eigenvalue weighted by Crippen LogP contribution is 2.55. The molecule has 116 valence electrons. The molecular formula is C16H17BrN2O2S. The SMILES string of the molecule is NC[C@@]1(N)[C@H](S(=O)(=O)c2ccccc2)[C@@H]1c1ccc(Br)cc1.